The number of pyridine rings is 2. The van der Waals surface area contributed by atoms with Crippen molar-refractivity contribution in [1.82, 2.24) is 9.97 Å². The fourth-order valence-corrected chi connectivity index (χ4v) is 1.53. The van der Waals surface area contributed by atoms with Gasteiger partial charge in [0.25, 0.3) is 5.91 Å². The number of nitrogens with zero attached hydrogens (tertiary/aromatic N) is 2. The maximum Gasteiger partial charge on any atom is 0.262 e. The molecule has 6 heteroatoms. The van der Waals surface area contributed by atoms with Crippen molar-refractivity contribution in [3.63, 3.8) is 0 Å². The molecule has 19 heavy (non-hydrogen) atoms. The van der Waals surface area contributed by atoms with Crippen LogP contribution in [0.4, 0.5) is 5.82 Å². The van der Waals surface area contributed by atoms with E-state index in [1.165, 1.54) is 7.11 Å². The predicted molar refractivity (Wildman–Crippen MR) is 70.9 cm³/mol. The minimum Gasteiger partial charge on any atom is -0.480 e. The van der Waals surface area contributed by atoms with Crippen molar-refractivity contribution < 1.29 is 9.53 Å². The Morgan fingerprint density at radius 1 is 1.37 bits per heavy atom. The summed E-state index contributed by atoms with van der Waals surface area (Å²) in [5.41, 5.74) is 6.73. The number of hydrogen-bond acceptors (Lipinski definition) is 5. The normalized spacial score (nSPS) is 10.0. The van der Waals surface area contributed by atoms with Crippen LogP contribution < -0.4 is 15.8 Å². The van der Waals surface area contributed by atoms with Crippen LogP contribution in [0.1, 0.15) is 15.9 Å². The van der Waals surface area contributed by atoms with E-state index >= 15 is 0 Å². The molecule has 3 N–H and O–H groups in total. The van der Waals surface area contributed by atoms with Crippen LogP contribution >= 0.6 is 0 Å². The summed E-state index contributed by atoms with van der Waals surface area (Å²) in [4.78, 5) is 20.1. The number of methoxy groups -OCH3 is 1. The number of hydrogen-bond donors (Lipinski definition) is 2. The molecular weight excluding hydrogens is 244 g/mol. The molecule has 0 saturated carbocycles. The van der Waals surface area contributed by atoms with E-state index in [0.29, 0.717) is 17.9 Å². The van der Waals surface area contributed by atoms with Gasteiger partial charge in [-0.25, -0.2) is 9.97 Å². The van der Waals surface area contributed by atoms with E-state index in [0.717, 1.165) is 5.56 Å². The van der Waals surface area contributed by atoms with Crippen LogP contribution in [-0.4, -0.2) is 23.0 Å². The van der Waals surface area contributed by atoms with Crippen molar-refractivity contribution in [2.24, 2.45) is 5.73 Å². The van der Waals surface area contributed by atoms with Crippen LogP contribution in [0.25, 0.3) is 0 Å². The van der Waals surface area contributed by atoms with Gasteiger partial charge in [-0.1, -0.05) is 6.07 Å². The molecule has 98 valence electrons. The lowest BCUT2D eigenvalue weighted by atomic mass is 10.2. The summed E-state index contributed by atoms with van der Waals surface area (Å²) in [5, 5.41) is 2.67. The molecule has 0 aromatic carbocycles. The molecule has 0 aliphatic heterocycles. The minimum absolute atomic E-state index is 0.276. The van der Waals surface area contributed by atoms with E-state index < -0.39 is 0 Å². The summed E-state index contributed by atoms with van der Waals surface area (Å²) >= 11 is 0. The molecule has 0 atom stereocenters. The molecule has 0 saturated heterocycles. The van der Waals surface area contributed by atoms with Crippen LogP contribution in [0.15, 0.2) is 36.7 Å². The van der Waals surface area contributed by atoms with Crippen molar-refractivity contribution in [1.29, 1.82) is 0 Å². The molecule has 0 radical (unpaired) electrons. The number of anilines is 1. The van der Waals surface area contributed by atoms with E-state index in [-0.39, 0.29) is 11.8 Å². The highest BCUT2D eigenvalue weighted by atomic mass is 16.5. The zero-order valence-corrected chi connectivity index (χ0v) is 10.5. The van der Waals surface area contributed by atoms with Crippen LogP contribution in [-0.2, 0) is 6.54 Å². The summed E-state index contributed by atoms with van der Waals surface area (Å²) in [7, 11) is 1.47. The molecule has 2 rings (SSSR count). The van der Waals surface area contributed by atoms with Crippen molar-refractivity contribution >= 4 is 11.7 Å². The summed E-state index contributed by atoms with van der Waals surface area (Å²) < 4.78 is 5.03. The minimum atomic E-state index is -0.321. The van der Waals surface area contributed by atoms with Gasteiger partial charge in [-0.2, -0.15) is 0 Å². The second-order valence-electron chi connectivity index (χ2n) is 3.77. The Morgan fingerprint density at radius 2 is 2.21 bits per heavy atom. The predicted octanol–water partition coefficient (Wildman–Crippen LogP) is 1.20. The Hall–Kier alpha value is -2.47. The number of carbonyl (C=O) groups is 1. The lowest BCUT2D eigenvalue weighted by molar-refractivity contribution is 0.102. The highest BCUT2D eigenvalue weighted by Gasteiger charge is 2.13. The number of nitrogens with one attached hydrogen (secondary N) is 1. The Balaban J connectivity index is 2.16. The first-order chi connectivity index (χ1) is 9.24. The average molecular weight is 258 g/mol. The van der Waals surface area contributed by atoms with Gasteiger partial charge in [0.15, 0.2) is 0 Å². The third kappa shape index (κ3) is 3.05. The summed E-state index contributed by atoms with van der Waals surface area (Å²) in [6.07, 6.45) is 3.18. The standard InChI is InChI=1S/C13H14N4O2/c1-19-13-10(3-2-6-15-13)12(18)17-11-5-4-9(7-14)8-16-11/h2-6,8H,7,14H2,1H3,(H,16,17,18). The fraction of sp³-hybridized carbons (Fsp3) is 0.154. The molecule has 0 aliphatic carbocycles. The molecule has 0 aliphatic rings. The van der Waals surface area contributed by atoms with Gasteiger partial charge in [-0.05, 0) is 23.8 Å². The first-order valence-electron chi connectivity index (χ1n) is 5.70. The van der Waals surface area contributed by atoms with Gasteiger partial charge < -0.3 is 15.8 Å². The monoisotopic (exact) mass is 258 g/mol. The quantitative estimate of drug-likeness (QED) is 0.859. The molecule has 0 unspecified atom stereocenters. The first-order valence-corrected chi connectivity index (χ1v) is 5.70. The van der Waals surface area contributed by atoms with Crippen molar-refractivity contribution in [3.8, 4) is 5.88 Å². The first kappa shape index (κ1) is 13.0. The van der Waals surface area contributed by atoms with E-state index in [4.69, 9.17) is 10.5 Å². The van der Waals surface area contributed by atoms with Gasteiger partial charge in [-0.3, -0.25) is 4.79 Å². The van der Waals surface area contributed by atoms with Gasteiger partial charge in [-0.15, -0.1) is 0 Å². The highest BCUT2D eigenvalue weighted by molar-refractivity contribution is 6.05. The summed E-state index contributed by atoms with van der Waals surface area (Å²) in [5.74, 6) is 0.407. The van der Waals surface area contributed by atoms with Gasteiger partial charge in [0.2, 0.25) is 5.88 Å². The van der Waals surface area contributed by atoms with Gasteiger partial charge >= 0.3 is 0 Å². The van der Waals surface area contributed by atoms with Crippen molar-refractivity contribution in [2.75, 3.05) is 12.4 Å². The summed E-state index contributed by atoms with van der Waals surface area (Å²) in [6.45, 7) is 0.414. The molecule has 6 nitrogen and oxygen atoms in total. The highest BCUT2D eigenvalue weighted by Crippen LogP contribution is 2.15. The molecule has 2 aromatic rings. The molecule has 0 spiro atoms. The number of aromatic nitrogens is 2. The Kier molecular flexibility index (Phi) is 4.04. The fourth-order valence-electron chi connectivity index (χ4n) is 1.53. The average Bonchev–Trinajstić information content (AvgIpc) is 2.48. The molecular formula is C13H14N4O2. The molecule has 2 aromatic heterocycles. The second kappa shape index (κ2) is 5.92. The van der Waals surface area contributed by atoms with Crippen molar-refractivity contribution in [3.05, 3.63) is 47.8 Å². The maximum absolute atomic E-state index is 12.1. The number of rotatable bonds is 4. The zero-order valence-electron chi connectivity index (χ0n) is 10.5. The van der Waals surface area contributed by atoms with Crippen molar-refractivity contribution in [2.45, 2.75) is 6.54 Å². The Labute approximate surface area is 110 Å². The van der Waals surface area contributed by atoms with Crippen LogP contribution in [0.5, 0.6) is 5.88 Å². The van der Waals surface area contributed by atoms with Crippen LogP contribution in [0.3, 0.4) is 0 Å². The van der Waals surface area contributed by atoms with Crippen LogP contribution in [0, 0.1) is 0 Å². The topological polar surface area (TPSA) is 90.1 Å². The maximum atomic E-state index is 12.1. The number of nitrogens with two attached hydrogens (primary N) is 1. The molecule has 1 amide bonds. The molecule has 0 fully saturated rings. The second-order valence-corrected chi connectivity index (χ2v) is 3.77. The number of carbonyl (C=O) groups excluding carboxylic acids is 1. The molecule has 0 bridgehead atoms. The van der Waals surface area contributed by atoms with Crippen LogP contribution in [0.2, 0.25) is 0 Å². The largest absolute Gasteiger partial charge is 0.480 e. The van der Waals surface area contributed by atoms with E-state index in [1.807, 2.05) is 6.07 Å². The smallest absolute Gasteiger partial charge is 0.262 e. The van der Waals surface area contributed by atoms with E-state index in [9.17, 15) is 4.79 Å². The lowest BCUT2D eigenvalue weighted by Gasteiger charge is -2.07. The SMILES string of the molecule is COc1ncccc1C(=O)Nc1ccc(CN)cn1. The van der Waals surface area contributed by atoms with Gasteiger partial charge in [0.1, 0.15) is 11.4 Å². The third-order valence-corrected chi connectivity index (χ3v) is 2.51. The lowest BCUT2D eigenvalue weighted by Crippen LogP contribution is -2.14. The van der Waals surface area contributed by atoms with E-state index in [2.05, 4.69) is 15.3 Å². The Morgan fingerprint density at radius 3 is 2.84 bits per heavy atom. The number of amides is 1. The summed E-state index contributed by atoms with van der Waals surface area (Å²) in [6, 6.07) is 6.81. The van der Waals surface area contributed by atoms with Gasteiger partial charge in [0.05, 0.1) is 7.11 Å². The molecule has 2 heterocycles. The Bertz CT molecular complexity index is 569. The number of ether oxygens (including phenoxy) is 1. The third-order valence-electron chi connectivity index (χ3n) is 2.51. The van der Waals surface area contributed by atoms with Gasteiger partial charge in [0, 0.05) is 18.9 Å². The zero-order chi connectivity index (χ0) is 13.7. The van der Waals surface area contributed by atoms with E-state index in [1.54, 1.807) is 30.6 Å².